The van der Waals surface area contributed by atoms with Crippen molar-refractivity contribution in [3.63, 3.8) is 0 Å². The van der Waals surface area contributed by atoms with E-state index in [1.54, 1.807) is 6.07 Å². The van der Waals surface area contributed by atoms with Gasteiger partial charge < -0.3 is 19.9 Å². The molecule has 0 spiro atoms. The molecule has 1 aliphatic rings. The van der Waals surface area contributed by atoms with Crippen LogP contribution in [0.15, 0.2) is 53.3 Å². The Morgan fingerprint density at radius 2 is 1.79 bits per heavy atom. The summed E-state index contributed by atoms with van der Waals surface area (Å²) in [4.78, 5) is 36.5. The van der Waals surface area contributed by atoms with Gasteiger partial charge in [-0.25, -0.2) is 9.78 Å². The zero-order chi connectivity index (χ0) is 24.1. The molecule has 8 heteroatoms. The summed E-state index contributed by atoms with van der Waals surface area (Å²) in [5.41, 5.74) is 2.54. The third-order valence-corrected chi connectivity index (χ3v) is 5.80. The number of aromatic nitrogens is 2. The predicted octanol–water partition coefficient (Wildman–Crippen LogP) is 3.27. The predicted molar refractivity (Wildman–Crippen MR) is 132 cm³/mol. The molecule has 0 atom stereocenters. The standard InChI is InChI=1S/C26H33N5O3/c1-26(2,3)34-18-20-8-6-7-19(15-20)16-27-25(33)31-13-11-30(12-14-31)17-23-28-22-10-5-4-9-21(22)24(32)29-23/h4-10,15H,11-14,16-18H2,1-3H3,(H,27,33)(H,28,29,32). The Bertz CT molecular complexity index is 1190. The number of carbonyl (C=O) groups excluding carboxylic acids is 1. The van der Waals surface area contributed by atoms with Crippen LogP contribution in [0.25, 0.3) is 10.9 Å². The van der Waals surface area contributed by atoms with Crippen LogP contribution in [-0.2, 0) is 24.4 Å². The zero-order valence-corrected chi connectivity index (χ0v) is 20.1. The van der Waals surface area contributed by atoms with Crippen LogP contribution in [0, 0.1) is 0 Å². The number of nitrogens with zero attached hydrogens (tertiary/aromatic N) is 3. The Labute approximate surface area is 199 Å². The normalized spacial score (nSPS) is 15.0. The van der Waals surface area contributed by atoms with E-state index >= 15 is 0 Å². The maximum Gasteiger partial charge on any atom is 0.317 e. The molecule has 2 aromatic carbocycles. The minimum absolute atomic E-state index is 0.0618. The molecule has 0 aliphatic carbocycles. The smallest absolute Gasteiger partial charge is 0.317 e. The molecule has 2 heterocycles. The number of nitrogens with one attached hydrogen (secondary N) is 2. The summed E-state index contributed by atoms with van der Waals surface area (Å²) in [5.74, 6) is 0.650. The maximum atomic E-state index is 12.7. The van der Waals surface area contributed by atoms with Crippen molar-refractivity contribution >= 4 is 16.9 Å². The van der Waals surface area contributed by atoms with Crippen molar-refractivity contribution in [1.82, 2.24) is 25.1 Å². The van der Waals surface area contributed by atoms with Crippen molar-refractivity contribution in [2.45, 2.75) is 46.1 Å². The fourth-order valence-electron chi connectivity index (χ4n) is 3.95. The lowest BCUT2D eigenvalue weighted by Crippen LogP contribution is -2.51. The summed E-state index contributed by atoms with van der Waals surface area (Å²) in [5, 5.41) is 3.63. The minimum Gasteiger partial charge on any atom is -0.371 e. The summed E-state index contributed by atoms with van der Waals surface area (Å²) in [6.45, 7) is 10.4. The van der Waals surface area contributed by atoms with Gasteiger partial charge in [0.25, 0.3) is 5.56 Å². The molecule has 180 valence electrons. The van der Waals surface area contributed by atoms with E-state index in [-0.39, 0.29) is 17.2 Å². The first kappa shape index (κ1) is 23.9. The number of piperazine rings is 1. The average Bonchev–Trinajstić information content (AvgIpc) is 2.82. The number of urea groups is 1. The highest BCUT2D eigenvalue weighted by atomic mass is 16.5. The Hall–Kier alpha value is -3.23. The summed E-state index contributed by atoms with van der Waals surface area (Å²) >= 11 is 0. The molecule has 0 radical (unpaired) electrons. The molecule has 1 aromatic heterocycles. The van der Waals surface area contributed by atoms with E-state index in [0.29, 0.717) is 49.5 Å². The van der Waals surface area contributed by atoms with Gasteiger partial charge in [-0.1, -0.05) is 36.4 Å². The van der Waals surface area contributed by atoms with E-state index in [4.69, 9.17) is 4.74 Å². The first-order valence-electron chi connectivity index (χ1n) is 11.7. The van der Waals surface area contributed by atoms with Gasteiger partial charge in [0, 0.05) is 32.7 Å². The van der Waals surface area contributed by atoms with Crippen molar-refractivity contribution in [3.8, 4) is 0 Å². The monoisotopic (exact) mass is 463 g/mol. The summed E-state index contributed by atoms with van der Waals surface area (Å²) in [6.07, 6.45) is 0. The maximum absolute atomic E-state index is 12.7. The van der Waals surface area contributed by atoms with Crippen LogP contribution >= 0.6 is 0 Å². The zero-order valence-electron chi connectivity index (χ0n) is 20.1. The molecule has 4 rings (SSSR count). The van der Waals surface area contributed by atoms with Gasteiger partial charge in [0.2, 0.25) is 0 Å². The molecule has 0 saturated carbocycles. The Kier molecular flexibility index (Phi) is 7.29. The van der Waals surface area contributed by atoms with E-state index in [0.717, 1.165) is 24.2 Å². The van der Waals surface area contributed by atoms with Crippen molar-refractivity contribution in [1.29, 1.82) is 0 Å². The van der Waals surface area contributed by atoms with Gasteiger partial charge in [-0.2, -0.15) is 0 Å². The van der Waals surface area contributed by atoms with Crippen LogP contribution in [0.5, 0.6) is 0 Å². The van der Waals surface area contributed by atoms with E-state index < -0.39 is 0 Å². The van der Waals surface area contributed by atoms with Crippen LogP contribution in [0.1, 0.15) is 37.7 Å². The van der Waals surface area contributed by atoms with Gasteiger partial charge in [0.1, 0.15) is 5.82 Å². The molecule has 0 unspecified atom stereocenters. The van der Waals surface area contributed by atoms with Gasteiger partial charge in [-0.15, -0.1) is 0 Å². The number of aromatic amines is 1. The largest absolute Gasteiger partial charge is 0.371 e. The number of hydrogen-bond donors (Lipinski definition) is 2. The van der Waals surface area contributed by atoms with Gasteiger partial charge in [0.05, 0.1) is 29.7 Å². The van der Waals surface area contributed by atoms with Crippen LogP contribution in [0.2, 0.25) is 0 Å². The minimum atomic E-state index is -0.188. The van der Waals surface area contributed by atoms with Crippen LogP contribution in [-0.4, -0.2) is 57.6 Å². The molecule has 0 bridgehead atoms. The lowest BCUT2D eigenvalue weighted by atomic mass is 10.1. The molecule has 8 nitrogen and oxygen atoms in total. The molecule has 2 amide bonds. The second kappa shape index (κ2) is 10.4. The first-order valence-corrected chi connectivity index (χ1v) is 11.7. The van der Waals surface area contributed by atoms with Crippen molar-refractivity contribution < 1.29 is 9.53 Å². The van der Waals surface area contributed by atoms with Gasteiger partial charge in [0.15, 0.2) is 0 Å². The Balaban J connectivity index is 1.25. The van der Waals surface area contributed by atoms with Gasteiger partial charge >= 0.3 is 6.03 Å². The molecule has 3 aromatic rings. The number of fused-ring (bicyclic) bond motifs is 1. The van der Waals surface area contributed by atoms with Gasteiger partial charge in [-0.3, -0.25) is 9.69 Å². The van der Waals surface area contributed by atoms with Crippen LogP contribution < -0.4 is 10.9 Å². The van der Waals surface area contributed by atoms with Crippen molar-refractivity contribution in [3.05, 3.63) is 75.8 Å². The third-order valence-electron chi connectivity index (χ3n) is 5.80. The van der Waals surface area contributed by atoms with E-state index in [1.165, 1.54) is 0 Å². The molecule has 1 saturated heterocycles. The van der Waals surface area contributed by atoms with E-state index in [1.807, 2.05) is 62.1 Å². The average molecular weight is 464 g/mol. The summed E-state index contributed by atoms with van der Waals surface area (Å²) in [6, 6.07) is 15.4. The van der Waals surface area contributed by atoms with E-state index in [9.17, 15) is 9.59 Å². The fraction of sp³-hybridized carbons (Fsp3) is 0.423. The molecule has 1 aliphatic heterocycles. The van der Waals surface area contributed by atoms with Gasteiger partial charge in [-0.05, 0) is 44.0 Å². The third kappa shape index (κ3) is 6.42. The highest BCUT2D eigenvalue weighted by Gasteiger charge is 2.21. The summed E-state index contributed by atoms with van der Waals surface area (Å²) in [7, 11) is 0. The number of para-hydroxylation sites is 1. The fourth-order valence-corrected chi connectivity index (χ4v) is 3.95. The number of benzene rings is 2. The second-order valence-corrected chi connectivity index (χ2v) is 9.67. The lowest BCUT2D eigenvalue weighted by molar-refractivity contribution is -0.0149. The number of hydrogen-bond acceptors (Lipinski definition) is 5. The number of carbonyl (C=O) groups is 1. The molecule has 34 heavy (non-hydrogen) atoms. The Morgan fingerprint density at radius 3 is 2.56 bits per heavy atom. The highest BCUT2D eigenvalue weighted by Crippen LogP contribution is 2.14. The Morgan fingerprint density at radius 1 is 1.06 bits per heavy atom. The molecule has 1 fully saturated rings. The molecule has 2 N–H and O–H groups in total. The summed E-state index contributed by atoms with van der Waals surface area (Å²) < 4.78 is 5.85. The number of H-pyrrole nitrogens is 1. The van der Waals surface area contributed by atoms with E-state index in [2.05, 4.69) is 26.3 Å². The number of ether oxygens (including phenoxy) is 1. The first-order chi connectivity index (χ1) is 16.3. The van der Waals surface area contributed by atoms with Crippen molar-refractivity contribution in [2.75, 3.05) is 26.2 Å². The second-order valence-electron chi connectivity index (χ2n) is 9.67. The number of rotatable bonds is 6. The highest BCUT2D eigenvalue weighted by molar-refractivity contribution is 5.77. The quantitative estimate of drug-likeness (QED) is 0.586. The van der Waals surface area contributed by atoms with Crippen LogP contribution in [0.3, 0.4) is 0 Å². The number of amides is 2. The molecular weight excluding hydrogens is 430 g/mol. The molecular formula is C26H33N5O3. The topological polar surface area (TPSA) is 90.6 Å². The van der Waals surface area contributed by atoms with Crippen molar-refractivity contribution in [2.24, 2.45) is 0 Å². The SMILES string of the molecule is CC(C)(C)OCc1cccc(CNC(=O)N2CCN(Cc3nc4ccccc4c(=O)[nH]3)CC2)c1. The lowest BCUT2D eigenvalue weighted by Gasteiger charge is -2.34. The van der Waals surface area contributed by atoms with Crippen LogP contribution in [0.4, 0.5) is 4.79 Å².